The van der Waals surface area contributed by atoms with E-state index in [1.165, 1.54) is 24.3 Å². The highest BCUT2D eigenvalue weighted by Gasteiger charge is 2.35. The number of nitro benzene ring substituents is 1. The molecule has 150 valence electrons. The van der Waals surface area contributed by atoms with Gasteiger partial charge in [-0.25, -0.2) is 0 Å². The lowest BCUT2D eigenvalue weighted by atomic mass is 10.0. The third-order valence-electron chi connectivity index (χ3n) is 4.68. The predicted molar refractivity (Wildman–Crippen MR) is 95.0 cm³/mol. The quantitative estimate of drug-likeness (QED) is 0.594. The Kier molecular flexibility index (Phi) is 5.85. The highest BCUT2D eigenvalue weighted by Crippen LogP contribution is 2.36. The van der Waals surface area contributed by atoms with E-state index in [9.17, 15) is 28.4 Å². The maximum Gasteiger partial charge on any atom is 0.416 e. The monoisotopic (exact) mass is 396 g/mol. The van der Waals surface area contributed by atoms with Gasteiger partial charge in [0.05, 0.1) is 16.6 Å². The minimum absolute atomic E-state index is 0.104. The van der Waals surface area contributed by atoms with Gasteiger partial charge in [-0.05, 0) is 30.2 Å². The van der Waals surface area contributed by atoms with Gasteiger partial charge in [0.2, 0.25) is 0 Å². The SMILES string of the molecule is O=[N+]([O-])c1ccccc1OCCN1C[C@H](O)C[C@@H]1c1cccc(C(F)(F)F)c1. The van der Waals surface area contributed by atoms with Crippen LogP contribution < -0.4 is 4.74 Å². The number of hydrogen-bond acceptors (Lipinski definition) is 5. The maximum atomic E-state index is 13.0. The highest BCUT2D eigenvalue weighted by atomic mass is 19.4. The maximum absolute atomic E-state index is 13.0. The second kappa shape index (κ2) is 8.15. The lowest BCUT2D eigenvalue weighted by molar-refractivity contribution is -0.385. The molecule has 0 aromatic heterocycles. The van der Waals surface area contributed by atoms with Gasteiger partial charge in [0.1, 0.15) is 6.61 Å². The zero-order valence-corrected chi connectivity index (χ0v) is 14.8. The fourth-order valence-electron chi connectivity index (χ4n) is 3.40. The zero-order valence-electron chi connectivity index (χ0n) is 14.8. The Balaban J connectivity index is 1.69. The number of rotatable bonds is 6. The van der Waals surface area contributed by atoms with E-state index in [0.29, 0.717) is 25.1 Å². The molecule has 0 spiro atoms. The topological polar surface area (TPSA) is 75.8 Å². The molecular weight excluding hydrogens is 377 g/mol. The van der Waals surface area contributed by atoms with Gasteiger partial charge < -0.3 is 9.84 Å². The van der Waals surface area contributed by atoms with E-state index >= 15 is 0 Å². The van der Waals surface area contributed by atoms with E-state index in [2.05, 4.69) is 0 Å². The first-order chi connectivity index (χ1) is 13.3. The fourth-order valence-corrected chi connectivity index (χ4v) is 3.40. The molecule has 1 aliphatic rings. The average molecular weight is 396 g/mol. The number of aliphatic hydroxyl groups is 1. The number of halogens is 3. The molecule has 3 rings (SSSR count). The Labute approximate surface area is 159 Å². The van der Waals surface area contributed by atoms with Crippen molar-refractivity contribution in [1.82, 2.24) is 4.90 Å². The standard InChI is InChI=1S/C19H19F3N2O4/c20-19(21,22)14-5-3-4-13(10-14)17-11-15(25)12-23(17)8-9-28-18-7-2-1-6-16(18)24(26)27/h1-7,10,15,17,25H,8-9,11-12H2/t15-,17-/m1/s1. The van der Waals surface area contributed by atoms with Crippen molar-refractivity contribution in [1.29, 1.82) is 0 Å². The molecule has 0 saturated carbocycles. The van der Waals surface area contributed by atoms with Crippen LogP contribution in [0.4, 0.5) is 18.9 Å². The van der Waals surface area contributed by atoms with E-state index in [0.717, 1.165) is 12.1 Å². The van der Waals surface area contributed by atoms with Crippen LogP contribution in [0.2, 0.25) is 0 Å². The number of hydrogen-bond donors (Lipinski definition) is 1. The third-order valence-corrected chi connectivity index (χ3v) is 4.68. The summed E-state index contributed by atoms with van der Waals surface area (Å²) in [6.45, 7) is 0.707. The lowest BCUT2D eigenvalue weighted by Crippen LogP contribution is -2.29. The molecule has 1 fully saturated rings. The second-order valence-electron chi connectivity index (χ2n) is 6.60. The first kappa shape index (κ1) is 20.1. The predicted octanol–water partition coefficient (Wildman–Crippen LogP) is 3.80. The fraction of sp³-hybridized carbons (Fsp3) is 0.368. The van der Waals surface area contributed by atoms with E-state index in [1.807, 2.05) is 4.90 Å². The number of nitrogens with zero attached hydrogens (tertiary/aromatic N) is 2. The Morgan fingerprint density at radius 2 is 1.96 bits per heavy atom. The van der Waals surface area contributed by atoms with Crippen LogP contribution >= 0.6 is 0 Å². The number of para-hydroxylation sites is 2. The van der Waals surface area contributed by atoms with Crippen molar-refractivity contribution in [3.8, 4) is 5.75 Å². The van der Waals surface area contributed by atoms with Crippen LogP contribution in [-0.4, -0.2) is 40.7 Å². The summed E-state index contributed by atoms with van der Waals surface area (Å²) in [4.78, 5) is 12.3. The Bertz CT molecular complexity index is 844. The van der Waals surface area contributed by atoms with Gasteiger partial charge in [0.25, 0.3) is 0 Å². The molecule has 0 amide bonds. The summed E-state index contributed by atoms with van der Waals surface area (Å²) in [5, 5.41) is 21.0. The second-order valence-corrected chi connectivity index (χ2v) is 6.60. The molecule has 2 aromatic rings. The molecule has 1 aliphatic heterocycles. The van der Waals surface area contributed by atoms with Crippen LogP contribution in [0, 0.1) is 10.1 Å². The largest absolute Gasteiger partial charge is 0.485 e. The number of likely N-dealkylation sites (tertiary alicyclic amines) is 1. The summed E-state index contributed by atoms with van der Waals surface area (Å²) >= 11 is 0. The van der Waals surface area contributed by atoms with Crippen LogP contribution in [0.25, 0.3) is 0 Å². The first-order valence-corrected chi connectivity index (χ1v) is 8.71. The summed E-state index contributed by atoms with van der Waals surface area (Å²) in [5.41, 5.74) is -0.419. The summed E-state index contributed by atoms with van der Waals surface area (Å²) in [6, 6.07) is 10.7. The normalized spacial score (nSPS) is 20.3. The van der Waals surface area contributed by atoms with Gasteiger partial charge in [0.15, 0.2) is 5.75 Å². The number of ether oxygens (including phenoxy) is 1. The minimum Gasteiger partial charge on any atom is -0.485 e. The van der Waals surface area contributed by atoms with Crippen LogP contribution in [-0.2, 0) is 6.18 Å². The third kappa shape index (κ3) is 4.60. The molecular formula is C19H19F3N2O4. The van der Waals surface area contributed by atoms with Gasteiger partial charge >= 0.3 is 11.9 Å². The molecule has 1 N–H and O–H groups in total. The summed E-state index contributed by atoms with van der Waals surface area (Å²) in [5.74, 6) is 0.128. The minimum atomic E-state index is -4.44. The molecule has 0 radical (unpaired) electrons. The number of β-amino-alcohol motifs (C(OH)–C–C–N with tert-alkyl or cyclic N) is 1. The van der Waals surface area contributed by atoms with Crippen molar-refractivity contribution in [2.45, 2.75) is 24.7 Å². The lowest BCUT2D eigenvalue weighted by Gasteiger charge is -2.25. The van der Waals surface area contributed by atoms with Gasteiger partial charge in [-0.3, -0.25) is 15.0 Å². The van der Waals surface area contributed by atoms with Crippen LogP contribution in [0.3, 0.4) is 0 Å². The first-order valence-electron chi connectivity index (χ1n) is 8.71. The smallest absolute Gasteiger partial charge is 0.416 e. The Morgan fingerprint density at radius 3 is 2.68 bits per heavy atom. The summed E-state index contributed by atoms with van der Waals surface area (Å²) in [6.07, 6.45) is -4.79. The molecule has 28 heavy (non-hydrogen) atoms. The van der Waals surface area contributed by atoms with Gasteiger partial charge in [0, 0.05) is 25.2 Å². The number of nitro groups is 1. The summed E-state index contributed by atoms with van der Waals surface area (Å²) in [7, 11) is 0. The van der Waals surface area contributed by atoms with E-state index < -0.39 is 22.8 Å². The zero-order chi connectivity index (χ0) is 20.3. The van der Waals surface area contributed by atoms with Crippen molar-refractivity contribution < 1.29 is 27.9 Å². The molecule has 6 nitrogen and oxygen atoms in total. The molecule has 1 saturated heterocycles. The Morgan fingerprint density at radius 1 is 1.21 bits per heavy atom. The van der Waals surface area contributed by atoms with Crippen LogP contribution in [0.1, 0.15) is 23.6 Å². The molecule has 2 aromatic carbocycles. The Hall–Kier alpha value is -2.65. The molecule has 2 atom stereocenters. The molecule has 0 bridgehead atoms. The van der Waals surface area contributed by atoms with Crippen molar-refractivity contribution in [3.05, 3.63) is 69.8 Å². The van der Waals surface area contributed by atoms with Crippen LogP contribution in [0.5, 0.6) is 5.75 Å². The van der Waals surface area contributed by atoms with E-state index in [1.54, 1.807) is 12.1 Å². The van der Waals surface area contributed by atoms with E-state index in [4.69, 9.17) is 4.74 Å². The van der Waals surface area contributed by atoms with Gasteiger partial charge in [-0.15, -0.1) is 0 Å². The van der Waals surface area contributed by atoms with Crippen molar-refractivity contribution >= 4 is 5.69 Å². The van der Waals surface area contributed by atoms with Gasteiger partial charge in [-0.2, -0.15) is 13.2 Å². The highest BCUT2D eigenvalue weighted by molar-refractivity contribution is 5.45. The van der Waals surface area contributed by atoms with Gasteiger partial charge in [-0.1, -0.05) is 24.3 Å². The molecule has 9 heteroatoms. The van der Waals surface area contributed by atoms with E-state index in [-0.39, 0.29) is 24.1 Å². The van der Waals surface area contributed by atoms with Crippen molar-refractivity contribution in [2.24, 2.45) is 0 Å². The number of aliphatic hydroxyl groups excluding tert-OH is 1. The summed E-state index contributed by atoms with van der Waals surface area (Å²) < 4.78 is 44.5. The molecule has 0 unspecified atom stereocenters. The van der Waals surface area contributed by atoms with Crippen molar-refractivity contribution in [2.75, 3.05) is 19.7 Å². The molecule has 1 heterocycles. The van der Waals surface area contributed by atoms with Crippen molar-refractivity contribution in [3.63, 3.8) is 0 Å². The van der Waals surface area contributed by atoms with Crippen LogP contribution in [0.15, 0.2) is 48.5 Å². The molecule has 0 aliphatic carbocycles. The number of benzene rings is 2. The average Bonchev–Trinajstić information content (AvgIpc) is 3.02. The number of alkyl halides is 3.